The Morgan fingerprint density at radius 1 is 0.611 bits per heavy atom. The van der Waals surface area contributed by atoms with Crippen LogP contribution in [0.2, 0.25) is 0 Å². The predicted octanol–water partition coefficient (Wildman–Crippen LogP) is 7.86. The van der Waals surface area contributed by atoms with Gasteiger partial charge in [0.05, 0.1) is 0 Å². The van der Waals surface area contributed by atoms with E-state index in [0.717, 1.165) is 5.92 Å². The predicted molar refractivity (Wildman–Crippen MR) is 91.5 cm³/mol. The largest absolute Gasteiger partial charge is 0.0683 e. The SMILES string of the molecule is CC.CC.CCCCC(C)CC.CCCCCC. The first-order valence-corrected chi connectivity index (χ1v) is 8.72. The smallest absolute Gasteiger partial charge is 0.0445 e. The number of hydrogen-bond acceptors (Lipinski definition) is 0. The maximum atomic E-state index is 2.33. The van der Waals surface area contributed by atoms with Crippen LogP contribution in [0.5, 0.6) is 0 Å². The first-order chi connectivity index (χ1) is 8.72. The van der Waals surface area contributed by atoms with Crippen molar-refractivity contribution in [2.45, 2.75) is 114 Å². The van der Waals surface area contributed by atoms with Gasteiger partial charge in [0.1, 0.15) is 0 Å². The summed E-state index contributed by atoms with van der Waals surface area (Å²) in [5, 5.41) is 0. The molecule has 0 saturated carbocycles. The summed E-state index contributed by atoms with van der Waals surface area (Å²) < 4.78 is 0. The number of rotatable bonds is 7. The first kappa shape index (κ1) is 26.5. The van der Waals surface area contributed by atoms with E-state index >= 15 is 0 Å². The van der Waals surface area contributed by atoms with E-state index in [1.54, 1.807) is 0 Å². The normalized spacial score (nSPS) is 9.83. The molecule has 116 valence electrons. The van der Waals surface area contributed by atoms with Gasteiger partial charge in [-0.1, -0.05) is 114 Å². The zero-order valence-corrected chi connectivity index (χ0v) is 15.2. The fourth-order valence-electron chi connectivity index (χ4n) is 1.26. The molecule has 0 aliphatic heterocycles. The van der Waals surface area contributed by atoms with E-state index in [2.05, 4.69) is 34.6 Å². The number of unbranched alkanes of at least 4 members (excludes halogenated alkanes) is 4. The fourth-order valence-corrected chi connectivity index (χ4v) is 1.26. The lowest BCUT2D eigenvalue weighted by Gasteiger charge is -2.04. The van der Waals surface area contributed by atoms with Gasteiger partial charge in [-0.05, 0) is 5.92 Å². The van der Waals surface area contributed by atoms with Gasteiger partial charge in [-0.2, -0.15) is 0 Å². The monoisotopic (exact) mass is 260 g/mol. The lowest BCUT2D eigenvalue weighted by atomic mass is 10.0. The molecule has 0 aromatic rings. The fraction of sp³-hybridized carbons (Fsp3) is 1.00. The average molecular weight is 261 g/mol. The summed E-state index contributed by atoms with van der Waals surface area (Å²) in [7, 11) is 0. The van der Waals surface area contributed by atoms with Crippen molar-refractivity contribution >= 4 is 0 Å². The van der Waals surface area contributed by atoms with E-state index in [-0.39, 0.29) is 0 Å². The Labute approximate surface area is 120 Å². The van der Waals surface area contributed by atoms with E-state index in [1.807, 2.05) is 27.7 Å². The zero-order valence-electron chi connectivity index (χ0n) is 15.2. The van der Waals surface area contributed by atoms with Crippen molar-refractivity contribution in [3.8, 4) is 0 Å². The van der Waals surface area contributed by atoms with Crippen molar-refractivity contribution < 1.29 is 0 Å². The molecule has 0 saturated heterocycles. The molecule has 0 aliphatic carbocycles. The van der Waals surface area contributed by atoms with Crippen LogP contribution in [0.15, 0.2) is 0 Å². The molecule has 0 heterocycles. The average Bonchev–Trinajstić information content (AvgIpc) is 2.47. The van der Waals surface area contributed by atoms with Crippen LogP contribution in [0.4, 0.5) is 0 Å². The van der Waals surface area contributed by atoms with E-state index < -0.39 is 0 Å². The third kappa shape index (κ3) is 44.4. The summed E-state index contributed by atoms with van der Waals surface area (Å²) in [6.07, 6.45) is 11.1. The Morgan fingerprint density at radius 2 is 0.944 bits per heavy atom. The highest BCUT2D eigenvalue weighted by atomic mass is 14.0. The molecule has 0 aromatic heterocycles. The zero-order chi connectivity index (χ0) is 15.2. The molecule has 0 rings (SSSR count). The highest BCUT2D eigenvalue weighted by Gasteiger charge is 1.94. The molecule has 18 heavy (non-hydrogen) atoms. The molecule has 0 aliphatic rings. The molecule has 0 bridgehead atoms. The van der Waals surface area contributed by atoms with Crippen molar-refractivity contribution in [2.24, 2.45) is 5.92 Å². The first-order valence-electron chi connectivity index (χ1n) is 8.72. The molecule has 0 fully saturated rings. The quantitative estimate of drug-likeness (QED) is 0.409. The van der Waals surface area contributed by atoms with E-state index in [9.17, 15) is 0 Å². The Morgan fingerprint density at radius 3 is 1.17 bits per heavy atom. The highest BCUT2D eigenvalue weighted by Crippen LogP contribution is 2.09. The van der Waals surface area contributed by atoms with E-state index in [0.29, 0.717) is 0 Å². The molecule has 0 amide bonds. The Bertz CT molecular complexity index is 72.1. The summed E-state index contributed by atoms with van der Waals surface area (Å²) in [6.45, 7) is 19.3. The van der Waals surface area contributed by atoms with Crippen LogP contribution in [0.1, 0.15) is 114 Å². The maximum Gasteiger partial charge on any atom is -0.0445 e. The molecule has 0 aromatic carbocycles. The lowest BCUT2D eigenvalue weighted by Crippen LogP contribution is -1.89. The second-order valence-electron chi connectivity index (χ2n) is 4.36. The van der Waals surface area contributed by atoms with Crippen LogP contribution in [-0.2, 0) is 0 Å². The summed E-state index contributed by atoms with van der Waals surface area (Å²) in [5.74, 6) is 0.954. The Balaban J connectivity index is -0.0000000869. The molecule has 0 nitrogen and oxygen atoms in total. The molecule has 1 atom stereocenters. The standard InChI is InChI=1S/C8H18.C6H14.2C2H6/c1-4-6-7-8(3)5-2;1-3-5-6-4-2;2*1-2/h8H,4-7H2,1-3H3;3-6H2,1-2H3;2*1-2H3. The van der Waals surface area contributed by atoms with Crippen molar-refractivity contribution in [1.29, 1.82) is 0 Å². The summed E-state index contributed by atoms with van der Waals surface area (Å²) in [6, 6.07) is 0. The maximum absolute atomic E-state index is 2.33. The van der Waals surface area contributed by atoms with Gasteiger partial charge in [0.2, 0.25) is 0 Å². The van der Waals surface area contributed by atoms with Gasteiger partial charge in [0.25, 0.3) is 0 Å². The Hall–Kier alpha value is 0. The third-order valence-electron chi connectivity index (χ3n) is 2.70. The van der Waals surface area contributed by atoms with Gasteiger partial charge in [-0.15, -0.1) is 0 Å². The molecule has 0 N–H and O–H groups in total. The van der Waals surface area contributed by atoms with Crippen LogP contribution in [0, 0.1) is 5.92 Å². The minimum absolute atomic E-state index is 0.954. The second kappa shape index (κ2) is 36.0. The van der Waals surface area contributed by atoms with Gasteiger partial charge in [0, 0.05) is 0 Å². The van der Waals surface area contributed by atoms with Crippen molar-refractivity contribution in [3.63, 3.8) is 0 Å². The van der Waals surface area contributed by atoms with Crippen LogP contribution < -0.4 is 0 Å². The lowest BCUT2D eigenvalue weighted by molar-refractivity contribution is 0.492. The molecule has 0 radical (unpaired) electrons. The van der Waals surface area contributed by atoms with Gasteiger partial charge in [-0.3, -0.25) is 0 Å². The summed E-state index contributed by atoms with van der Waals surface area (Å²) in [5.41, 5.74) is 0. The van der Waals surface area contributed by atoms with Crippen LogP contribution in [-0.4, -0.2) is 0 Å². The van der Waals surface area contributed by atoms with Crippen molar-refractivity contribution in [2.75, 3.05) is 0 Å². The molecule has 0 heteroatoms. The molecule has 0 spiro atoms. The summed E-state index contributed by atoms with van der Waals surface area (Å²) >= 11 is 0. The van der Waals surface area contributed by atoms with Crippen LogP contribution in [0.3, 0.4) is 0 Å². The van der Waals surface area contributed by atoms with Gasteiger partial charge in [0.15, 0.2) is 0 Å². The summed E-state index contributed by atoms with van der Waals surface area (Å²) in [4.78, 5) is 0. The second-order valence-corrected chi connectivity index (χ2v) is 4.36. The minimum Gasteiger partial charge on any atom is -0.0683 e. The van der Waals surface area contributed by atoms with Gasteiger partial charge < -0.3 is 0 Å². The minimum atomic E-state index is 0.954. The van der Waals surface area contributed by atoms with E-state index in [1.165, 1.54) is 51.4 Å². The van der Waals surface area contributed by atoms with Gasteiger partial charge in [-0.25, -0.2) is 0 Å². The topological polar surface area (TPSA) is 0 Å². The van der Waals surface area contributed by atoms with Crippen molar-refractivity contribution in [1.82, 2.24) is 0 Å². The van der Waals surface area contributed by atoms with E-state index in [4.69, 9.17) is 0 Å². The molecule has 1 unspecified atom stereocenters. The van der Waals surface area contributed by atoms with Crippen molar-refractivity contribution in [3.05, 3.63) is 0 Å². The van der Waals surface area contributed by atoms with Crippen LogP contribution in [0.25, 0.3) is 0 Å². The molecular weight excluding hydrogens is 216 g/mol. The Kier molecular flexibility index (Phi) is 53.0. The molecular formula is C18H44. The van der Waals surface area contributed by atoms with Crippen LogP contribution >= 0.6 is 0 Å². The highest BCUT2D eigenvalue weighted by molar-refractivity contribution is 4.47. The third-order valence-corrected chi connectivity index (χ3v) is 2.70. The van der Waals surface area contributed by atoms with Gasteiger partial charge >= 0.3 is 0 Å². The number of hydrogen-bond donors (Lipinski definition) is 0.